The summed E-state index contributed by atoms with van der Waals surface area (Å²) in [5, 5.41) is 9.00. The highest BCUT2D eigenvalue weighted by Gasteiger charge is 2.26. The summed E-state index contributed by atoms with van der Waals surface area (Å²) in [6, 6.07) is 9.88. The molecule has 2 aromatic heterocycles. The molecule has 0 spiro atoms. The molecule has 2 fully saturated rings. The van der Waals surface area contributed by atoms with Crippen LogP contribution in [0.25, 0.3) is 22.4 Å². The van der Waals surface area contributed by atoms with Gasteiger partial charge in [0.05, 0.1) is 11.1 Å². The molecule has 1 saturated carbocycles. The molecule has 2 aliphatic rings. The number of nitrogens with one attached hydrogen (secondary N) is 1. The van der Waals surface area contributed by atoms with E-state index in [4.69, 9.17) is 9.51 Å². The van der Waals surface area contributed by atoms with E-state index in [1.807, 2.05) is 6.92 Å². The zero-order valence-corrected chi connectivity index (χ0v) is 17.3. The number of nitrogens with zero attached hydrogens (tertiary/aromatic N) is 4. The van der Waals surface area contributed by atoms with Crippen LogP contribution < -0.4 is 10.2 Å². The normalized spacial score (nSPS) is 18.8. The Labute approximate surface area is 171 Å². The van der Waals surface area contributed by atoms with E-state index in [0.717, 1.165) is 54.3 Å². The number of fused-ring (bicyclic) bond motifs is 1. The van der Waals surface area contributed by atoms with Gasteiger partial charge in [-0.05, 0) is 57.7 Å². The van der Waals surface area contributed by atoms with Crippen LogP contribution in [0.1, 0.15) is 49.9 Å². The van der Waals surface area contributed by atoms with Gasteiger partial charge in [-0.25, -0.2) is 4.98 Å². The molecular formula is C23H29N5O. The number of piperidine rings is 1. The van der Waals surface area contributed by atoms with Gasteiger partial charge < -0.3 is 14.7 Å². The van der Waals surface area contributed by atoms with Crippen molar-refractivity contribution in [3.63, 3.8) is 0 Å². The molecule has 3 heterocycles. The van der Waals surface area contributed by atoms with Crippen LogP contribution in [-0.4, -0.2) is 40.3 Å². The second-order valence-corrected chi connectivity index (χ2v) is 8.61. The van der Waals surface area contributed by atoms with Crippen LogP contribution in [0.2, 0.25) is 0 Å². The Hall–Kier alpha value is -2.47. The number of benzene rings is 1. The summed E-state index contributed by atoms with van der Waals surface area (Å²) in [5.74, 6) is 2.17. The summed E-state index contributed by atoms with van der Waals surface area (Å²) in [6.07, 6.45) is 7.73. The van der Waals surface area contributed by atoms with Gasteiger partial charge in [-0.2, -0.15) is 4.98 Å². The number of anilines is 1. The molecular weight excluding hydrogens is 362 g/mol. The first-order valence-corrected chi connectivity index (χ1v) is 10.9. The van der Waals surface area contributed by atoms with Gasteiger partial charge in [0.15, 0.2) is 5.82 Å². The van der Waals surface area contributed by atoms with Gasteiger partial charge in [-0.3, -0.25) is 0 Å². The van der Waals surface area contributed by atoms with Gasteiger partial charge in [0.2, 0.25) is 0 Å². The van der Waals surface area contributed by atoms with Crippen LogP contribution >= 0.6 is 0 Å². The van der Waals surface area contributed by atoms with Gasteiger partial charge in [-0.1, -0.05) is 29.6 Å². The van der Waals surface area contributed by atoms with E-state index in [9.17, 15) is 0 Å². The Morgan fingerprint density at radius 2 is 1.72 bits per heavy atom. The molecule has 1 aliphatic heterocycles. The van der Waals surface area contributed by atoms with Gasteiger partial charge in [0.25, 0.3) is 5.89 Å². The van der Waals surface area contributed by atoms with E-state index in [-0.39, 0.29) is 0 Å². The molecule has 0 radical (unpaired) electrons. The SMILES string of the molecule is Cc1ccc2nc(N3CCC(NC4CCCC4)CC3)c(-c3nc(C)no3)cc2c1. The van der Waals surface area contributed by atoms with Crippen LogP contribution in [0.5, 0.6) is 0 Å². The molecule has 0 amide bonds. The minimum atomic E-state index is 0.555. The Morgan fingerprint density at radius 3 is 2.45 bits per heavy atom. The highest BCUT2D eigenvalue weighted by molar-refractivity contribution is 5.88. The maximum atomic E-state index is 5.53. The van der Waals surface area contributed by atoms with Crippen LogP contribution in [0.15, 0.2) is 28.8 Å². The summed E-state index contributed by atoms with van der Waals surface area (Å²) in [5.41, 5.74) is 3.17. The first-order valence-electron chi connectivity index (χ1n) is 10.9. The van der Waals surface area contributed by atoms with Crippen molar-refractivity contribution in [1.29, 1.82) is 0 Å². The van der Waals surface area contributed by atoms with Crippen molar-refractivity contribution < 1.29 is 4.52 Å². The van der Waals surface area contributed by atoms with E-state index in [0.29, 0.717) is 17.8 Å². The second-order valence-electron chi connectivity index (χ2n) is 8.61. The minimum Gasteiger partial charge on any atom is -0.356 e. The molecule has 6 nitrogen and oxygen atoms in total. The Morgan fingerprint density at radius 1 is 0.966 bits per heavy atom. The van der Waals surface area contributed by atoms with Crippen molar-refractivity contribution in [2.24, 2.45) is 0 Å². The van der Waals surface area contributed by atoms with Gasteiger partial charge in [0, 0.05) is 30.6 Å². The molecule has 1 aliphatic carbocycles. The summed E-state index contributed by atoms with van der Waals surface area (Å²) in [4.78, 5) is 11.9. The van der Waals surface area contributed by atoms with Gasteiger partial charge >= 0.3 is 0 Å². The average molecular weight is 392 g/mol. The molecule has 0 unspecified atom stereocenters. The van der Waals surface area contributed by atoms with Gasteiger partial charge in [-0.15, -0.1) is 0 Å². The standard InChI is InChI=1S/C23H29N5O/c1-15-7-8-21-17(13-15)14-20(23-24-16(2)27-29-23)22(26-21)28-11-9-19(10-12-28)25-18-5-3-4-6-18/h7-8,13-14,18-19,25H,3-6,9-12H2,1-2H3. The predicted molar refractivity (Wildman–Crippen MR) is 115 cm³/mol. The van der Waals surface area contributed by atoms with E-state index >= 15 is 0 Å². The molecule has 152 valence electrons. The van der Waals surface area contributed by atoms with Crippen molar-refractivity contribution in [2.45, 2.75) is 64.5 Å². The number of aromatic nitrogens is 3. The first-order chi connectivity index (χ1) is 14.2. The van der Waals surface area contributed by atoms with E-state index < -0.39 is 0 Å². The van der Waals surface area contributed by atoms with Crippen molar-refractivity contribution in [2.75, 3.05) is 18.0 Å². The van der Waals surface area contributed by atoms with Crippen LogP contribution in [0.4, 0.5) is 5.82 Å². The topological polar surface area (TPSA) is 67.1 Å². The lowest BCUT2D eigenvalue weighted by molar-refractivity contribution is 0.367. The largest absolute Gasteiger partial charge is 0.356 e. The molecule has 3 aromatic rings. The molecule has 5 rings (SSSR count). The van der Waals surface area contributed by atoms with Crippen LogP contribution in [0, 0.1) is 13.8 Å². The predicted octanol–water partition coefficient (Wildman–Crippen LogP) is 4.40. The lowest BCUT2D eigenvalue weighted by atomic mass is 10.0. The van der Waals surface area contributed by atoms with Gasteiger partial charge in [0.1, 0.15) is 5.82 Å². The Balaban J connectivity index is 1.43. The Kier molecular flexibility index (Phi) is 4.96. The highest BCUT2D eigenvalue weighted by atomic mass is 16.5. The summed E-state index contributed by atoms with van der Waals surface area (Å²) < 4.78 is 5.53. The minimum absolute atomic E-state index is 0.555. The molecule has 0 bridgehead atoms. The van der Waals surface area contributed by atoms with Crippen molar-refractivity contribution in [3.05, 3.63) is 35.7 Å². The summed E-state index contributed by atoms with van der Waals surface area (Å²) in [6.45, 7) is 5.95. The lowest BCUT2D eigenvalue weighted by Gasteiger charge is -2.35. The molecule has 0 atom stereocenters. The van der Waals surface area contributed by atoms with Crippen LogP contribution in [0.3, 0.4) is 0 Å². The number of hydrogen-bond donors (Lipinski definition) is 1. The monoisotopic (exact) mass is 391 g/mol. The number of rotatable bonds is 4. The van der Waals surface area contributed by atoms with E-state index in [2.05, 4.69) is 51.5 Å². The third kappa shape index (κ3) is 3.86. The lowest BCUT2D eigenvalue weighted by Crippen LogP contribution is -2.45. The third-order valence-corrected chi connectivity index (χ3v) is 6.33. The van der Waals surface area contributed by atoms with Crippen molar-refractivity contribution >= 4 is 16.7 Å². The smallest absolute Gasteiger partial charge is 0.261 e. The van der Waals surface area contributed by atoms with Crippen molar-refractivity contribution in [1.82, 2.24) is 20.4 Å². The number of aryl methyl sites for hydroxylation is 2. The fraction of sp³-hybridized carbons (Fsp3) is 0.522. The number of hydrogen-bond acceptors (Lipinski definition) is 6. The fourth-order valence-electron chi connectivity index (χ4n) is 4.77. The van der Waals surface area contributed by atoms with Crippen LogP contribution in [-0.2, 0) is 0 Å². The van der Waals surface area contributed by atoms with Crippen molar-refractivity contribution in [3.8, 4) is 11.5 Å². The summed E-state index contributed by atoms with van der Waals surface area (Å²) in [7, 11) is 0. The molecule has 29 heavy (non-hydrogen) atoms. The second kappa shape index (κ2) is 7.75. The maximum Gasteiger partial charge on any atom is 0.261 e. The Bertz CT molecular complexity index is 1000. The zero-order valence-electron chi connectivity index (χ0n) is 17.3. The molecule has 1 aromatic carbocycles. The van der Waals surface area contributed by atoms with E-state index in [1.54, 1.807) is 0 Å². The quantitative estimate of drug-likeness (QED) is 0.711. The van der Waals surface area contributed by atoms with E-state index in [1.165, 1.54) is 31.2 Å². The highest BCUT2D eigenvalue weighted by Crippen LogP contribution is 2.33. The summed E-state index contributed by atoms with van der Waals surface area (Å²) >= 11 is 0. The third-order valence-electron chi connectivity index (χ3n) is 6.33. The molecule has 1 saturated heterocycles. The number of pyridine rings is 1. The maximum absolute atomic E-state index is 5.53. The average Bonchev–Trinajstić information content (AvgIpc) is 3.39. The first kappa shape index (κ1) is 18.6. The molecule has 6 heteroatoms. The zero-order chi connectivity index (χ0) is 19.8. The fourth-order valence-corrected chi connectivity index (χ4v) is 4.77. The molecule has 1 N–H and O–H groups in total.